The predicted octanol–water partition coefficient (Wildman–Crippen LogP) is 2.45. The van der Waals surface area contributed by atoms with Crippen LogP contribution in [0.4, 0.5) is 0 Å². The molecular formula is C15H31N3OS. The molecule has 0 amide bonds. The molecule has 1 rings (SSSR count). The normalized spacial score (nSPS) is 20.6. The highest BCUT2D eigenvalue weighted by atomic mass is 32.2. The van der Waals surface area contributed by atoms with Crippen molar-refractivity contribution in [3.8, 4) is 0 Å². The van der Waals surface area contributed by atoms with E-state index in [2.05, 4.69) is 47.7 Å². The third-order valence-electron chi connectivity index (χ3n) is 3.52. The summed E-state index contributed by atoms with van der Waals surface area (Å²) in [6, 6.07) is 0. The van der Waals surface area contributed by atoms with Crippen LogP contribution in [-0.4, -0.2) is 61.8 Å². The van der Waals surface area contributed by atoms with E-state index >= 15 is 0 Å². The highest BCUT2D eigenvalue weighted by Crippen LogP contribution is 2.24. The highest BCUT2D eigenvalue weighted by Gasteiger charge is 2.24. The summed E-state index contributed by atoms with van der Waals surface area (Å²) < 4.78 is 5.58. The van der Waals surface area contributed by atoms with Gasteiger partial charge in [0.15, 0.2) is 5.96 Å². The quantitative estimate of drug-likeness (QED) is 0.445. The van der Waals surface area contributed by atoms with Crippen molar-refractivity contribution in [1.82, 2.24) is 10.2 Å². The minimum Gasteiger partial charge on any atom is -0.380 e. The molecule has 0 aliphatic carbocycles. The van der Waals surface area contributed by atoms with Crippen molar-refractivity contribution >= 4 is 17.7 Å². The molecule has 0 saturated carbocycles. The summed E-state index contributed by atoms with van der Waals surface area (Å²) in [6.07, 6.45) is 2.34. The SMILES string of the molecule is CCCCOCCNC(=NC)N1CCSC(C(C)C)C1. The summed E-state index contributed by atoms with van der Waals surface area (Å²) in [7, 11) is 1.87. The molecule has 0 aromatic rings. The number of thioether (sulfide) groups is 1. The Bertz CT molecular complexity index is 284. The molecule has 5 heteroatoms. The van der Waals surface area contributed by atoms with Crippen molar-refractivity contribution in [1.29, 1.82) is 0 Å². The lowest BCUT2D eigenvalue weighted by molar-refractivity contribution is 0.135. The van der Waals surface area contributed by atoms with Crippen molar-refractivity contribution in [2.45, 2.75) is 38.9 Å². The van der Waals surface area contributed by atoms with Crippen LogP contribution in [0.15, 0.2) is 4.99 Å². The molecule has 0 aromatic carbocycles. The topological polar surface area (TPSA) is 36.9 Å². The lowest BCUT2D eigenvalue weighted by Gasteiger charge is -2.36. The summed E-state index contributed by atoms with van der Waals surface area (Å²) in [5, 5.41) is 4.13. The van der Waals surface area contributed by atoms with Crippen LogP contribution in [0.5, 0.6) is 0 Å². The Labute approximate surface area is 128 Å². The van der Waals surface area contributed by atoms with Crippen molar-refractivity contribution in [3.63, 3.8) is 0 Å². The first kappa shape index (κ1) is 17.6. The molecule has 0 spiro atoms. The van der Waals surface area contributed by atoms with Crippen molar-refractivity contribution in [3.05, 3.63) is 0 Å². The number of guanidine groups is 1. The lowest BCUT2D eigenvalue weighted by Crippen LogP contribution is -2.49. The molecule has 1 aliphatic heterocycles. The van der Waals surface area contributed by atoms with Crippen LogP contribution in [0.3, 0.4) is 0 Å². The van der Waals surface area contributed by atoms with Gasteiger partial charge in [0.05, 0.1) is 6.61 Å². The van der Waals surface area contributed by atoms with Gasteiger partial charge in [0, 0.05) is 44.3 Å². The number of unbranched alkanes of at least 4 members (excludes halogenated alkanes) is 1. The van der Waals surface area contributed by atoms with Crippen molar-refractivity contribution < 1.29 is 4.74 Å². The molecule has 1 unspecified atom stereocenters. The zero-order chi connectivity index (χ0) is 14.8. The second-order valence-corrected chi connectivity index (χ2v) is 6.89. The van der Waals surface area contributed by atoms with Crippen LogP contribution in [0.1, 0.15) is 33.6 Å². The summed E-state index contributed by atoms with van der Waals surface area (Å²) in [6.45, 7) is 11.4. The monoisotopic (exact) mass is 301 g/mol. The van der Waals surface area contributed by atoms with E-state index in [1.165, 1.54) is 12.2 Å². The molecule has 1 heterocycles. The fourth-order valence-electron chi connectivity index (χ4n) is 2.19. The Balaban J connectivity index is 2.27. The summed E-state index contributed by atoms with van der Waals surface area (Å²) in [5.41, 5.74) is 0. The Morgan fingerprint density at radius 3 is 2.90 bits per heavy atom. The van der Waals surface area contributed by atoms with Gasteiger partial charge in [-0.25, -0.2) is 0 Å². The number of aliphatic imine (C=N–C) groups is 1. The Morgan fingerprint density at radius 1 is 1.45 bits per heavy atom. The van der Waals surface area contributed by atoms with Gasteiger partial charge in [0.2, 0.25) is 0 Å². The first-order valence-electron chi connectivity index (χ1n) is 7.84. The zero-order valence-electron chi connectivity index (χ0n) is 13.5. The number of ether oxygens (including phenoxy) is 1. The molecule has 118 valence electrons. The standard InChI is InChI=1S/C15H31N3OS/c1-5-6-9-19-10-7-17-15(16-4)18-8-11-20-14(12-18)13(2)3/h13-14H,5-12H2,1-4H3,(H,16,17). The zero-order valence-corrected chi connectivity index (χ0v) is 14.3. The van der Waals surface area contributed by atoms with E-state index in [-0.39, 0.29) is 0 Å². The van der Waals surface area contributed by atoms with E-state index in [0.29, 0.717) is 5.25 Å². The van der Waals surface area contributed by atoms with Gasteiger partial charge < -0.3 is 15.0 Å². The van der Waals surface area contributed by atoms with E-state index in [4.69, 9.17) is 4.74 Å². The van der Waals surface area contributed by atoms with Gasteiger partial charge in [-0.15, -0.1) is 0 Å². The van der Waals surface area contributed by atoms with E-state index in [9.17, 15) is 0 Å². The summed E-state index contributed by atoms with van der Waals surface area (Å²) in [4.78, 5) is 6.79. The maximum Gasteiger partial charge on any atom is 0.193 e. The molecule has 0 radical (unpaired) electrons. The van der Waals surface area contributed by atoms with Crippen molar-refractivity contribution in [2.24, 2.45) is 10.9 Å². The molecule has 1 fully saturated rings. The summed E-state index contributed by atoms with van der Waals surface area (Å²) in [5.74, 6) is 2.93. The van der Waals surface area contributed by atoms with E-state index in [0.717, 1.165) is 51.1 Å². The maximum atomic E-state index is 5.58. The predicted molar refractivity (Wildman–Crippen MR) is 89.7 cm³/mol. The van der Waals surface area contributed by atoms with Gasteiger partial charge in [-0.05, 0) is 12.3 Å². The number of hydrogen-bond acceptors (Lipinski definition) is 3. The largest absolute Gasteiger partial charge is 0.380 e. The Kier molecular flexibility index (Phi) is 9.10. The average Bonchev–Trinajstić information content (AvgIpc) is 2.46. The van der Waals surface area contributed by atoms with Crippen LogP contribution >= 0.6 is 11.8 Å². The third kappa shape index (κ3) is 6.35. The molecule has 1 aliphatic rings. The smallest absolute Gasteiger partial charge is 0.193 e. The van der Waals surface area contributed by atoms with Crippen LogP contribution in [0.2, 0.25) is 0 Å². The number of rotatable bonds is 7. The molecule has 20 heavy (non-hydrogen) atoms. The lowest BCUT2D eigenvalue weighted by atomic mass is 10.1. The molecule has 1 saturated heterocycles. The van der Waals surface area contributed by atoms with Gasteiger partial charge in [0.1, 0.15) is 0 Å². The first-order chi connectivity index (χ1) is 9.69. The number of nitrogens with one attached hydrogen (secondary N) is 1. The first-order valence-corrected chi connectivity index (χ1v) is 8.88. The van der Waals surface area contributed by atoms with E-state index in [1.54, 1.807) is 0 Å². The van der Waals surface area contributed by atoms with Crippen LogP contribution < -0.4 is 5.32 Å². The van der Waals surface area contributed by atoms with Gasteiger partial charge in [-0.2, -0.15) is 11.8 Å². The van der Waals surface area contributed by atoms with Gasteiger partial charge in [0.25, 0.3) is 0 Å². The molecule has 4 nitrogen and oxygen atoms in total. The Hall–Kier alpha value is -0.420. The second-order valence-electron chi connectivity index (χ2n) is 5.54. The van der Waals surface area contributed by atoms with Gasteiger partial charge in [-0.1, -0.05) is 27.2 Å². The van der Waals surface area contributed by atoms with E-state index in [1.807, 2.05) is 7.05 Å². The molecule has 0 aromatic heterocycles. The van der Waals surface area contributed by atoms with Gasteiger partial charge >= 0.3 is 0 Å². The van der Waals surface area contributed by atoms with Crippen LogP contribution in [0, 0.1) is 5.92 Å². The average molecular weight is 302 g/mol. The number of nitrogens with zero attached hydrogens (tertiary/aromatic N) is 2. The van der Waals surface area contributed by atoms with Gasteiger partial charge in [-0.3, -0.25) is 4.99 Å². The minimum atomic E-state index is 0.711. The highest BCUT2D eigenvalue weighted by molar-refractivity contribution is 8.00. The second kappa shape index (κ2) is 10.3. The molecular weight excluding hydrogens is 270 g/mol. The molecule has 1 N–H and O–H groups in total. The van der Waals surface area contributed by atoms with Crippen LogP contribution in [-0.2, 0) is 4.74 Å². The number of hydrogen-bond donors (Lipinski definition) is 1. The summed E-state index contributed by atoms with van der Waals surface area (Å²) >= 11 is 2.09. The third-order valence-corrected chi connectivity index (χ3v) is 5.06. The fraction of sp³-hybridized carbons (Fsp3) is 0.933. The van der Waals surface area contributed by atoms with E-state index < -0.39 is 0 Å². The molecule has 0 bridgehead atoms. The minimum absolute atomic E-state index is 0.711. The van der Waals surface area contributed by atoms with Crippen LogP contribution in [0.25, 0.3) is 0 Å². The van der Waals surface area contributed by atoms with Crippen molar-refractivity contribution in [2.75, 3.05) is 45.6 Å². The maximum absolute atomic E-state index is 5.58. The fourth-order valence-corrected chi connectivity index (χ4v) is 3.49. The molecule has 1 atom stereocenters. The Morgan fingerprint density at radius 2 is 2.25 bits per heavy atom.